The summed E-state index contributed by atoms with van der Waals surface area (Å²) in [7, 11) is 0. The number of rotatable bonds is 12. The van der Waals surface area contributed by atoms with Crippen LogP contribution in [0.4, 0.5) is 0 Å². The van der Waals surface area contributed by atoms with Gasteiger partial charge in [-0.3, -0.25) is 4.79 Å². The number of ether oxygens (including phenoxy) is 2. The average Bonchev–Trinajstić information content (AvgIpc) is 3.32. The maximum absolute atomic E-state index is 13.5. The van der Waals surface area contributed by atoms with Crippen LogP contribution in [0, 0.1) is 23.7 Å². The molecule has 1 aliphatic rings. The van der Waals surface area contributed by atoms with Gasteiger partial charge < -0.3 is 9.47 Å². The van der Waals surface area contributed by atoms with Gasteiger partial charge in [-0.15, -0.1) is 0 Å². The van der Waals surface area contributed by atoms with Crippen molar-refractivity contribution in [2.75, 3.05) is 13.2 Å². The van der Waals surface area contributed by atoms with Crippen molar-refractivity contribution in [3.8, 4) is 46.3 Å². The molecule has 1 aliphatic carbocycles. The zero-order valence-electron chi connectivity index (χ0n) is 26.5. The van der Waals surface area contributed by atoms with E-state index in [0.29, 0.717) is 45.5 Å². The first-order valence-corrected chi connectivity index (χ1v) is 16.9. The number of ketones is 1. The molecule has 0 aromatic heterocycles. The molecule has 0 heterocycles. The van der Waals surface area contributed by atoms with Gasteiger partial charge in [0.15, 0.2) is 5.78 Å². The van der Waals surface area contributed by atoms with Crippen molar-refractivity contribution in [1.29, 1.82) is 0 Å². The van der Waals surface area contributed by atoms with Gasteiger partial charge in [-0.1, -0.05) is 99.3 Å². The summed E-state index contributed by atoms with van der Waals surface area (Å²) in [6, 6.07) is 22.6. The summed E-state index contributed by atoms with van der Waals surface area (Å²) < 4.78 is 11.7. The largest absolute Gasteiger partial charge is 0.494 e. The van der Waals surface area contributed by atoms with E-state index in [9.17, 15) is 4.79 Å². The predicted octanol–water partition coefficient (Wildman–Crippen LogP) is 10.9. The lowest BCUT2D eigenvalue weighted by molar-refractivity contribution is 0.104. The van der Waals surface area contributed by atoms with Crippen molar-refractivity contribution in [3.63, 3.8) is 0 Å². The highest BCUT2D eigenvalue weighted by molar-refractivity contribution is 6.35. The van der Waals surface area contributed by atoms with Gasteiger partial charge in [-0.05, 0) is 96.8 Å². The van der Waals surface area contributed by atoms with E-state index >= 15 is 0 Å². The average molecular weight is 650 g/mol. The van der Waals surface area contributed by atoms with Gasteiger partial charge in [0, 0.05) is 33.4 Å². The molecule has 4 aromatic carbocycles. The van der Waals surface area contributed by atoms with Crippen LogP contribution in [0.2, 0.25) is 10.0 Å². The van der Waals surface area contributed by atoms with Gasteiger partial charge in [0.05, 0.1) is 23.3 Å². The maximum atomic E-state index is 13.5. The Morgan fingerprint density at radius 2 is 0.935 bits per heavy atom. The van der Waals surface area contributed by atoms with E-state index in [1.54, 1.807) is 24.3 Å². The highest BCUT2D eigenvalue weighted by atomic mass is 35.5. The van der Waals surface area contributed by atoms with Gasteiger partial charge in [-0.2, -0.15) is 0 Å². The van der Waals surface area contributed by atoms with E-state index in [2.05, 4.69) is 37.5 Å². The second-order valence-corrected chi connectivity index (χ2v) is 12.3. The van der Waals surface area contributed by atoms with Crippen LogP contribution in [0.3, 0.4) is 0 Å². The second-order valence-electron chi connectivity index (χ2n) is 11.5. The molecule has 5 heteroatoms. The molecule has 4 aromatic rings. The standard InChI is InChI=1S/C41H38Cl2O3/c1-3-5-7-9-23-45-33-19-13-29(14-20-33)11-17-31-25-37-35(27-39(31)42)36-28-40(43)32(26-38(36)41(37)44)18-12-30-15-21-34(22-16-30)46-24-10-8-6-4-2/h13-16,19-22,25-28H,3-10,23-24H2,1-2H3. The van der Waals surface area contributed by atoms with Crippen LogP contribution < -0.4 is 9.47 Å². The molecule has 0 amide bonds. The van der Waals surface area contributed by atoms with Crippen molar-refractivity contribution in [2.24, 2.45) is 0 Å². The SMILES string of the molecule is CCCCCCOc1ccc(C#Cc2cc3c(cc2Cl)-c2cc(Cl)c(C#Cc4ccc(OCCCCCC)cc4)cc2C3=O)cc1. The van der Waals surface area contributed by atoms with Gasteiger partial charge in [0.25, 0.3) is 0 Å². The molecule has 0 bridgehead atoms. The molecule has 5 rings (SSSR count). The van der Waals surface area contributed by atoms with Gasteiger partial charge in [0.1, 0.15) is 11.5 Å². The van der Waals surface area contributed by atoms with Crippen molar-refractivity contribution in [3.05, 3.63) is 116 Å². The minimum atomic E-state index is -0.0923. The number of halogens is 2. The lowest BCUT2D eigenvalue weighted by atomic mass is 10.0. The Bertz CT molecular complexity index is 1670. The molecule has 0 saturated carbocycles. The quantitative estimate of drug-likeness (QED) is 0.0997. The smallest absolute Gasteiger partial charge is 0.194 e. The van der Waals surface area contributed by atoms with Crippen molar-refractivity contribution in [2.45, 2.75) is 65.2 Å². The van der Waals surface area contributed by atoms with E-state index in [1.807, 2.05) is 48.5 Å². The first kappa shape index (κ1) is 33.2. The second kappa shape index (κ2) is 16.4. The third-order valence-corrected chi connectivity index (χ3v) is 8.54. The first-order valence-electron chi connectivity index (χ1n) is 16.2. The number of hydrogen-bond donors (Lipinski definition) is 0. The molecule has 0 fully saturated rings. The van der Waals surface area contributed by atoms with Crippen molar-refractivity contribution in [1.82, 2.24) is 0 Å². The van der Waals surface area contributed by atoms with Crippen LogP contribution in [0.15, 0.2) is 72.8 Å². The fourth-order valence-corrected chi connectivity index (χ4v) is 5.71. The summed E-state index contributed by atoms with van der Waals surface area (Å²) >= 11 is 13.3. The van der Waals surface area contributed by atoms with E-state index in [-0.39, 0.29) is 5.78 Å². The third-order valence-electron chi connectivity index (χ3n) is 7.92. The number of fused-ring (bicyclic) bond motifs is 3. The van der Waals surface area contributed by atoms with E-state index in [4.69, 9.17) is 32.7 Å². The highest BCUT2D eigenvalue weighted by Crippen LogP contribution is 2.41. The van der Waals surface area contributed by atoms with Gasteiger partial charge in [0.2, 0.25) is 0 Å². The van der Waals surface area contributed by atoms with Crippen LogP contribution in [0.5, 0.6) is 11.5 Å². The van der Waals surface area contributed by atoms with E-state index in [1.165, 1.54) is 38.5 Å². The molecule has 0 N–H and O–H groups in total. The van der Waals surface area contributed by atoms with Gasteiger partial charge >= 0.3 is 0 Å². The topological polar surface area (TPSA) is 35.5 Å². The molecular weight excluding hydrogens is 611 g/mol. The summed E-state index contributed by atoms with van der Waals surface area (Å²) in [4.78, 5) is 13.5. The molecule has 0 spiro atoms. The summed E-state index contributed by atoms with van der Waals surface area (Å²) in [6.07, 6.45) is 9.36. The van der Waals surface area contributed by atoms with Crippen LogP contribution in [-0.2, 0) is 0 Å². The summed E-state index contributed by atoms with van der Waals surface area (Å²) in [5, 5.41) is 0.958. The molecule has 46 heavy (non-hydrogen) atoms. The molecule has 234 valence electrons. The molecule has 0 saturated heterocycles. The zero-order valence-corrected chi connectivity index (χ0v) is 28.0. The van der Waals surface area contributed by atoms with Crippen LogP contribution in [-0.4, -0.2) is 19.0 Å². The minimum Gasteiger partial charge on any atom is -0.494 e. The van der Waals surface area contributed by atoms with Gasteiger partial charge in [-0.25, -0.2) is 0 Å². The summed E-state index contributed by atoms with van der Waals surface area (Å²) in [5.41, 5.74) is 5.48. The minimum absolute atomic E-state index is 0.0923. The molecule has 0 aliphatic heterocycles. The van der Waals surface area contributed by atoms with Crippen molar-refractivity contribution < 1.29 is 14.3 Å². The predicted molar refractivity (Wildman–Crippen MR) is 189 cm³/mol. The highest BCUT2D eigenvalue weighted by Gasteiger charge is 2.29. The first-order chi connectivity index (χ1) is 22.5. The number of hydrogen-bond acceptors (Lipinski definition) is 3. The number of benzene rings is 4. The number of carbonyl (C=O) groups is 1. The number of carbonyl (C=O) groups excluding carboxylic acids is 1. The Balaban J connectivity index is 1.26. The van der Waals surface area contributed by atoms with Crippen molar-refractivity contribution >= 4 is 29.0 Å². The number of unbranched alkanes of at least 4 members (excludes halogenated alkanes) is 6. The summed E-state index contributed by atoms with van der Waals surface area (Å²) in [6.45, 7) is 5.83. The normalized spacial score (nSPS) is 11.2. The van der Waals surface area contributed by atoms with Crippen LogP contribution in [0.1, 0.15) is 103 Å². The van der Waals surface area contributed by atoms with E-state index in [0.717, 1.165) is 46.6 Å². The molecule has 3 nitrogen and oxygen atoms in total. The lowest BCUT2D eigenvalue weighted by Crippen LogP contribution is -1.97. The monoisotopic (exact) mass is 648 g/mol. The third kappa shape index (κ3) is 8.55. The lowest BCUT2D eigenvalue weighted by Gasteiger charge is -2.06. The molecule has 0 unspecified atom stereocenters. The van der Waals surface area contributed by atoms with Crippen LogP contribution in [0.25, 0.3) is 11.1 Å². The Hall–Kier alpha value is -4.15. The Morgan fingerprint density at radius 3 is 1.33 bits per heavy atom. The maximum Gasteiger partial charge on any atom is 0.194 e. The fraction of sp³-hybridized carbons (Fsp3) is 0.293. The van der Waals surface area contributed by atoms with E-state index < -0.39 is 0 Å². The zero-order chi connectivity index (χ0) is 32.3. The summed E-state index contributed by atoms with van der Waals surface area (Å²) in [5.74, 6) is 14.2. The molecule has 0 radical (unpaired) electrons. The fourth-order valence-electron chi connectivity index (χ4n) is 5.29. The molecular formula is C41H38Cl2O3. The van der Waals surface area contributed by atoms with Crippen LogP contribution >= 0.6 is 23.2 Å². The molecule has 0 atom stereocenters. The Morgan fingerprint density at radius 1 is 0.522 bits per heavy atom. The Labute approximate surface area is 283 Å². The Kier molecular flexibility index (Phi) is 11.9.